The van der Waals surface area contributed by atoms with Crippen molar-refractivity contribution in [3.63, 3.8) is 0 Å². The minimum absolute atomic E-state index is 0.0723. The second-order valence-corrected chi connectivity index (χ2v) is 5.12. The number of carbonyl (C=O) groups is 1. The lowest BCUT2D eigenvalue weighted by molar-refractivity contribution is -0.121. The van der Waals surface area contributed by atoms with Gasteiger partial charge in [-0.05, 0) is 38.4 Å². The highest BCUT2D eigenvalue weighted by atomic mass is 16.2. The summed E-state index contributed by atoms with van der Waals surface area (Å²) in [4.78, 5) is 14.3. The van der Waals surface area contributed by atoms with Crippen LogP contribution in [0.4, 0.5) is 5.69 Å². The molecule has 0 spiro atoms. The summed E-state index contributed by atoms with van der Waals surface area (Å²) in [7, 11) is 1.96. The topological polar surface area (TPSA) is 58.4 Å². The van der Waals surface area contributed by atoms with Crippen molar-refractivity contribution in [3.8, 4) is 0 Å². The lowest BCUT2D eigenvalue weighted by atomic mass is 10.0. The Hall–Kier alpha value is -1.39. The molecule has 0 aliphatic carbocycles. The molecule has 0 saturated carbocycles. The third-order valence-electron chi connectivity index (χ3n) is 3.37. The summed E-state index contributed by atoms with van der Waals surface area (Å²) in [5, 5.41) is 3.01. The Bertz CT molecular complexity index is 431. The Balaban J connectivity index is 2.12. The summed E-state index contributed by atoms with van der Waals surface area (Å²) in [6, 6.07) is 7.98. The van der Waals surface area contributed by atoms with Crippen LogP contribution < -0.4 is 11.1 Å². The highest BCUT2D eigenvalue weighted by Crippen LogP contribution is 2.23. The van der Waals surface area contributed by atoms with Crippen molar-refractivity contribution in [1.29, 1.82) is 0 Å². The molecular weight excluding hydrogens is 226 g/mol. The van der Waals surface area contributed by atoms with E-state index in [1.807, 2.05) is 37.1 Å². The Kier molecular flexibility index (Phi) is 3.99. The first kappa shape index (κ1) is 13.1. The standard InChI is InChI=1S/C14H21N3O/c1-10(15)9-17(2)13-8-7-11-5-3-4-6-12(11)16-14(13)18/h3-6,10,13H,7-9,15H2,1-2H3,(H,16,18). The van der Waals surface area contributed by atoms with Gasteiger partial charge in [0.25, 0.3) is 0 Å². The number of amides is 1. The van der Waals surface area contributed by atoms with E-state index >= 15 is 0 Å². The number of hydrogen-bond acceptors (Lipinski definition) is 3. The zero-order valence-corrected chi connectivity index (χ0v) is 11.0. The van der Waals surface area contributed by atoms with E-state index in [2.05, 4.69) is 11.4 Å². The molecule has 1 aliphatic heterocycles. The van der Waals surface area contributed by atoms with E-state index in [4.69, 9.17) is 5.73 Å². The number of nitrogens with one attached hydrogen (secondary N) is 1. The maximum absolute atomic E-state index is 12.2. The fourth-order valence-electron chi connectivity index (χ4n) is 2.50. The highest BCUT2D eigenvalue weighted by molar-refractivity contribution is 5.96. The number of rotatable bonds is 3. The van der Waals surface area contributed by atoms with Crippen molar-refractivity contribution in [3.05, 3.63) is 29.8 Å². The molecule has 1 aliphatic rings. The average Bonchev–Trinajstić information content (AvgIpc) is 2.46. The molecule has 1 heterocycles. The molecule has 98 valence electrons. The summed E-state index contributed by atoms with van der Waals surface area (Å²) in [5.41, 5.74) is 7.95. The first-order valence-electron chi connectivity index (χ1n) is 6.42. The van der Waals surface area contributed by atoms with Crippen molar-refractivity contribution in [2.45, 2.75) is 31.8 Å². The van der Waals surface area contributed by atoms with Gasteiger partial charge in [0.2, 0.25) is 5.91 Å². The largest absolute Gasteiger partial charge is 0.327 e. The van der Waals surface area contributed by atoms with Gasteiger partial charge in [-0.3, -0.25) is 9.69 Å². The summed E-state index contributed by atoms with van der Waals surface area (Å²) >= 11 is 0. The van der Waals surface area contributed by atoms with E-state index in [0.29, 0.717) is 0 Å². The molecule has 4 nitrogen and oxygen atoms in total. The summed E-state index contributed by atoms with van der Waals surface area (Å²) < 4.78 is 0. The van der Waals surface area contributed by atoms with Crippen LogP contribution in [0.3, 0.4) is 0 Å². The van der Waals surface area contributed by atoms with Gasteiger partial charge < -0.3 is 11.1 Å². The van der Waals surface area contributed by atoms with Crippen molar-refractivity contribution in [2.75, 3.05) is 18.9 Å². The van der Waals surface area contributed by atoms with Gasteiger partial charge in [-0.1, -0.05) is 18.2 Å². The molecule has 1 aromatic rings. The third-order valence-corrected chi connectivity index (χ3v) is 3.37. The number of anilines is 1. The number of carbonyl (C=O) groups excluding carboxylic acids is 1. The maximum Gasteiger partial charge on any atom is 0.241 e. The Morgan fingerprint density at radius 3 is 2.94 bits per heavy atom. The van der Waals surface area contributed by atoms with Gasteiger partial charge in [0.05, 0.1) is 6.04 Å². The van der Waals surface area contributed by atoms with Crippen LogP contribution in [0.15, 0.2) is 24.3 Å². The van der Waals surface area contributed by atoms with Crippen molar-refractivity contribution in [2.24, 2.45) is 5.73 Å². The molecule has 0 aromatic heterocycles. The monoisotopic (exact) mass is 247 g/mol. The van der Waals surface area contributed by atoms with Gasteiger partial charge >= 0.3 is 0 Å². The van der Waals surface area contributed by atoms with E-state index < -0.39 is 0 Å². The van der Waals surface area contributed by atoms with Gasteiger partial charge in [0.1, 0.15) is 0 Å². The van der Waals surface area contributed by atoms with Crippen LogP contribution in [0.2, 0.25) is 0 Å². The van der Waals surface area contributed by atoms with Gasteiger partial charge in [0, 0.05) is 18.3 Å². The van der Waals surface area contributed by atoms with Crippen LogP contribution in [-0.2, 0) is 11.2 Å². The first-order chi connectivity index (χ1) is 8.58. The maximum atomic E-state index is 12.2. The van der Waals surface area contributed by atoms with Crippen molar-refractivity contribution < 1.29 is 4.79 Å². The molecule has 2 atom stereocenters. The SMILES string of the molecule is CC(N)CN(C)C1CCc2ccccc2NC1=O. The summed E-state index contributed by atoms with van der Waals surface area (Å²) in [6.45, 7) is 2.69. The number of likely N-dealkylation sites (N-methyl/N-ethyl adjacent to an activating group) is 1. The fraction of sp³-hybridized carbons (Fsp3) is 0.500. The number of para-hydroxylation sites is 1. The van der Waals surface area contributed by atoms with Gasteiger partial charge in [-0.2, -0.15) is 0 Å². The molecular formula is C14H21N3O. The Morgan fingerprint density at radius 1 is 1.50 bits per heavy atom. The number of benzene rings is 1. The molecule has 18 heavy (non-hydrogen) atoms. The second kappa shape index (κ2) is 5.50. The Morgan fingerprint density at radius 2 is 2.22 bits per heavy atom. The zero-order valence-electron chi connectivity index (χ0n) is 11.0. The van der Waals surface area contributed by atoms with E-state index in [-0.39, 0.29) is 18.0 Å². The highest BCUT2D eigenvalue weighted by Gasteiger charge is 2.26. The van der Waals surface area contributed by atoms with E-state index in [1.165, 1.54) is 5.56 Å². The van der Waals surface area contributed by atoms with Gasteiger partial charge in [-0.15, -0.1) is 0 Å². The van der Waals surface area contributed by atoms with E-state index in [9.17, 15) is 4.79 Å². The lowest BCUT2D eigenvalue weighted by Gasteiger charge is -2.26. The molecule has 1 aromatic carbocycles. The van der Waals surface area contributed by atoms with Crippen LogP contribution in [0, 0.1) is 0 Å². The van der Waals surface area contributed by atoms with Gasteiger partial charge in [-0.25, -0.2) is 0 Å². The van der Waals surface area contributed by atoms with Crippen LogP contribution in [-0.4, -0.2) is 36.5 Å². The Labute approximate surface area is 108 Å². The number of nitrogens with zero attached hydrogens (tertiary/aromatic N) is 1. The molecule has 2 unspecified atom stereocenters. The molecule has 0 saturated heterocycles. The van der Waals surface area contributed by atoms with E-state index in [0.717, 1.165) is 25.1 Å². The molecule has 4 heteroatoms. The third kappa shape index (κ3) is 2.89. The molecule has 2 rings (SSSR count). The van der Waals surface area contributed by atoms with Crippen LogP contribution in [0.1, 0.15) is 18.9 Å². The predicted molar refractivity (Wildman–Crippen MR) is 73.5 cm³/mol. The molecule has 0 bridgehead atoms. The fourth-order valence-corrected chi connectivity index (χ4v) is 2.50. The van der Waals surface area contributed by atoms with Crippen LogP contribution in [0.25, 0.3) is 0 Å². The number of hydrogen-bond donors (Lipinski definition) is 2. The van der Waals surface area contributed by atoms with Crippen molar-refractivity contribution >= 4 is 11.6 Å². The number of nitrogens with two attached hydrogens (primary N) is 1. The number of fused-ring (bicyclic) bond motifs is 1. The molecule has 1 amide bonds. The smallest absolute Gasteiger partial charge is 0.241 e. The minimum Gasteiger partial charge on any atom is -0.327 e. The van der Waals surface area contributed by atoms with E-state index in [1.54, 1.807) is 0 Å². The quantitative estimate of drug-likeness (QED) is 0.844. The molecule has 3 N–H and O–H groups in total. The minimum atomic E-state index is -0.0941. The summed E-state index contributed by atoms with van der Waals surface area (Å²) in [5.74, 6) is 0.0723. The molecule has 0 radical (unpaired) electrons. The number of aryl methyl sites for hydroxylation is 1. The summed E-state index contributed by atoms with van der Waals surface area (Å²) in [6.07, 6.45) is 1.76. The molecule has 0 fully saturated rings. The van der Waals surface area contributed by atoms with Crippen molar-refractivity contribution in [1.82, 2.24) is 4.90 Å². The average molecular weight is 247 g/mol. The normalized spacial score (nSPS) is 21.1. The van der Waals surface area contributed by atoms with Gasteiger partial charge in [0.15, 0.2) is 0 Å². The zero-order chi connectivity index (χ0) is 13.1. The predicted octanol–water partition coefficient (Wildman–Crippen LogP) is 1.22. The van der Waals surface area contributed by atoms with Crippen LogP contribution in [0.5, 0.6) is 0 Å². The lowest BCUT2D eigenvalue weighted by Crippen LogP contribution is -2.45. The first-order valence-corrected chi connectivity index (χ1v) is 6.42. The van der Waals surface area contributed by atoms with Crippen LogP contribution >= 0.6 is 0 Å². The second-order valence-electron chi connectivity index (χ2n) is 5.12.